The van der Waals surface area contributed by atoms with Gasteiger partial charge in [-0.2, -0.15) is 0 Å². The fraction of sp³-hybridized carbons (Fsp3) is 0.389. The third-order valence-electron chi connectivity index (χ3n) is 3.21. The van der Waals surface area contributed by atoms with Crippen molar-refractivity contribution in [3.63, 3.8) is 0 Å². The number of unbranched alkanes of at least 4 members (excludes halogenated alkanes) is 1. The molecule has 0 bridgehead atoms. The van der Waals surface area contributed by atoms with Crippen molar-refractivity contribution in [1.29, 1.82) is 0 Å². The number of aliphatic imine (C=N–C) groups is 1. The summed E-state index contributed by atoms with van der Waals surface area (Å²) in [5.41, 5.74) is 8.23. The Hall–Kier alpha value is -2.27. The van der Waals surface area contributed by atoms with E-state index in [1.54, 1.807) is 6.21 Å². The largest absolute Gasteiger partial charge is 0.485 e. The number of nitrogens with two attached hydrogens (primary N) is 1. The van der Waals surface area contributed by atoms with E-state index in [1.807, 2.05) is 31.2 Å². The number of nitrogens with zero attached hydrogens (tertiary/aromatic N) is 1. The molecule has 0 aliphatic rings. The second-order valence-electron chi connectivity index (χ2n) is 5.29. The van der Waals surface area contributed by atoms with Crippen molar-refractivity contribution < 1.29 is 9.84 Å². The summed E-state index contributed by atoms with van der Waals surface area (Å²) < 4.78 is 5.86. The molecule has 126 valence electrons. The first-order chi connectivity index (χ1) is 11.1. The first-order valence-electron chi connectivity index (χ1n) is 7.81. The van der Waals surface area contributed by atoms with Crippen LogP contribution < -0.4 is 11.1 Å². The van der Waals surface area contributed by atoms with Crippen LogP contribution in [-0.2, 0) is 18.0 Å². The number of ether oxygens (including phenoxy) is 1. The predicted octanol–water partition coefficient (Wildman–Crippen LogP) is 2.82. The topological polar surface area (TPSA) is 79.9 Å². The van der Waals surface area contributed by atoms with Crippen molar-refractivity contribution in [3.8, 4) is 0 Å². The summed E-state index contributed by atoms with van der Waals surface area (Å²) >= 11 is 0. The van der Waals surface area contributed by atoms with Gasteiger partial charge in [-0.25, -0.2) is 4.99 Å². The number of rotatable bonds is 10. The van der Waals surface area contributed by atoms with Crippen LogP contribution in [0.15, 0.2) is 53.1 Å². The van der Waals surface area contributed by atoms with Gasteiger partial charge >= 0.3 is 0 Å². The Morgan fingerprint density at radius 2 is 2.17 bits per heavy atom. The van der Waals surface area contributed by atoms with Gasteiger partial charge in [0.05, 0.1) is 18.5 Å². The molecule has 23 heavy (non-hydrogen) atoms. The van der Waals surface area contributed by atoms with Gasteiger partial charge in [-0.05, 0) is 24.5 Å². The van der Waals surface area contributed by atoms with E-state index in [1.165, 1.54) is 0 Å². The first kappa shape index (κ1) is 18.8. The van der Waals surface area contributed by atoms with Crippen LogP contribution in [0.25, 0.3) is 0 Å². The predicted molar refractivity (Wildman–Crippen MR) is 94.6 cm³/mol. The molecule has 5 nitrogen and oxygen atoms in total. The van der Waals surface area contributed by atoms with Crippen molar-refractivity contribution in [1.82, 2.24) is 5.32 Å². The average molecular weight is 317 g/mol. The molecule has 5 heteroatoms. The first-order valence-corrected chi connectivity index (χ1v) is 7.81. The summed E-state index contributed by atoms with van der Waals surface area (Å²) in [5, 5.41) is 12.5. The van der Waals surface area contributed by atoms with Gasteiger partial charge in [0, 0.05) is 6.54 Å². The number of allylic oxidation sites excluding steroid dienone is 2. The minimum atomic E-state index is 0.0165. The van der Waals surface area contributed by atoms with E-state index in [0.717, 1.165) is 36.2 Å². The lowest BCUT2D eigenvalue weighted by atomic mass is 10.1. The van der Waals surface area contributed by atoms with E-state index < -0.39 is 0 Å². The van der Waals surface area contributed by atoms with E-state index in [4.69, 9.17) is 10.5 Å². The number of aliphatic hydroxyl groups excluding tert-OH is 1. The zero-order chi connectivity index (χ0) is 17.1. The molecule has 0 atom stereocenters. The number of nitrogens with one attached hydrogen (secondary N) is 1. The molecule has 0 radical (unpaired) electrons. The molecule has 1 aromatic carbocycles. The summed E-state index contributed by atoms with van der Waals surface area (Å²) in [6, 6.07) is 7.64. The molecule has 0 amide bonds. The maximum Gasteiger partial charge on any atom is 0.156 e. The molecule has 0 saturated heterocycles. The lowest BCUT2D eigenvalue weighted by Crippen LogP contribution is -2.16. The molecule has 0 aromatic heterocycles. The molecule has 1 rings (SSSR count). The maximum atomic E-state index is 9.19. The van der Waals surface area contributed by atoms with Crippen LogP contribution in [0.4, 0.5) is 0 Å². The zero-order valence-electron chi connectivity index (χ0n) is 14.0. The highest BCUT2D eigenvalue weighted by molar-refractivity contribution is 5.77. The maximum absolute atomic E-state index is 9.19. The molecule has 0 unspecified atom stereocenters. The summed E-state index contributed by atoms with van der Waals surface area (Å²) in [7, 11) is 0. The molecule has 0 aliphatic heterocycles. The van der Waals surface area contributed by atoms with E-state index in [2.05, 4.69) is 23.8 Å². The van der Waals surface area contributed by atoms with Gasteiger partial charge in [-0.15, -0.1) is 0 Å². The van der Waals surface area contributed by atoms with Crippen LogP contribution in [0.1, 0.15) is 37.8 Å². The summed E-state index contributed by atoms with van der Waals surface area (Å²) in [4.78, 5) is 4.02. The normalized spacial score (nSPS) is 12.1. The second-order valence-corrected chi connectivity index (χ2v) is 5.29. The van der Waals surface area contributed by atoms with E-state index in [9.17, 15) is 5.11 Å². The second kappa shape index (κ2) is 10.5. The number of benzene rings is 1. The molecule has 0 saturated carbocycles. The Bertz CT molecular complexity index is 565. The van der Waals surface area contributed by atoms with Gasteiger partial charge < -0.3 is 20.9 Å². The fourth-order valence-electron chi connectivity index (χ4n) is 1.90. The quantitative estimate of drug-likeness (QED) is 0.352. The molecule has 0 spiro atoms. The lowest BCUT2D eigenvalue weighted by Gasteiger charge is -2.13. The molecule has 0 fully saturated rings. The molecule has 0 heterocycles. The van der Waals surface area contributed by atoms with Crippen LogP contribution in [0.5, 0.6) is 0 Å². The van der Waals surface area contributed by atoms with Crippen LogP contribution in [0.3, 0.4) is 0 Å². The van der Waals surface area contributed by atoms with Crippen LogP contribution >= 0.6 is 0 Å². The van der Waals surface area contributed by atoms with Crippen molar-refractivity contribution in [3.05, 3.63) is 59.2 Å². The third kappa shape index (κ3) is 7.51. The molecule has 4 N–H and O–H groups in total. The van der Waals surface area contributed by atoms with Crippen molar-refractivity contribution in [2.45, 2.75) is 39.9 Å². The average Bonchev–Trinajstić information content (AvgIpc) is 2.55. The van der Waals surface area contributed by atoms with Crippen molar-refractivity contribution in [2.24, 2.45) is 10.7 Å². The van der Waals surface area contributed by atoms with Crippen molar-refractivity contribution >= 4 is 6.21 Å². The highest BCUT2D eigenvalue weighted by atomic mass is 16.5. The highest BCUT2D eigenvalue weighted by Crippen LogP contribution is 2.10. The highest BCUT2D eigenvalue weighted by Gasteiger charge is 2.03. The standard InChI is InChI=1S/C18H27N3O2/c1-4-5-9-20-14(2)18(11-21-15(3)19)23-13-17-8-6-7-16(10-17)12-22/h6-8,10-11,20,22H,3-5,9,12-13,19H2,1-2H3/b18-14-,21-11?. The van der Waals surface area contributed by atoms with E-state index >= 15 is 0 Å². The molecule has 0 aliphatic carbocycles. The number of aliphatic hydroxyl groups is 1. The van der Waals surface area contributed by atoms with Crippen LogP contribution in [0, 0.1) is 0 Å². The number of hydrogen-bond acceptors (Lipinski definition) is 5. The van der Waals surface area contributed by atoms with Crippen LogP contribution in [0.2, 0.25) is 0 Å². The van der Waals surface area contributed by atoms with Gasteiger partial charge in [0.1, 0.15) is 12.4 Å². The zero-order valence-corrected chi connectivity index (χ0v) is 14.0. The molecule has 1 aromatic rings. The van der Waals surface area contributed by atoms with Crippen LogP contribution in [-0.4, -0.2) is 17.9 Å². The van der Waals surface area contributed by atoms with Gasteiger partial charge in [0.15, 0.2) is 5.76 Å². The Balaban J connectivity index is 2.79. The SMILES string of the molecule is C=C(N)N=C/C(OCc1cccc(CO)c1)=C(\C)NCCCC. The Morgan fingerprint density at radius 1 is 1.43 bits per heavy atom. The molecular formula is C18H27N3O2. The summed E-state index contributed by atoms with van der Waals surface area (Å²) in [6.07, 6.45) is 3.79. The van der Waals surface area contributed by atoms with E-state index in [-0.39, 0.29) is 12.4 Å². The Labute approximate surface area is 138 Å². The minimum absolute atomic E-state index is 0.0165. The third-order valence-corrected chi connectivity index (χ3v) is 3.21. The monoisotopic (exact) mass is 317 g/mol. The van der Waals surface area contributed by atoms with Gasteiger partial charge in [0.2, 0.25) is 0 Å². The Kier molecular flexibility index (Phi) is 8.54. The minimum Gasteiger partial charge on any atom is -0.485 e. The van der Waals surface area contributed by atoms with Crippen molar-refractivity contribution in [2.75, 3.05) is 6.54 Å². The van der Waals surface area contributed by atoms with E-state index in [0.29, 0.717) is 12.4 Å². The fourth-order valence-corrected chi connectivity index (χ4v) is 1.90. The smallest absolute Gasteiger partial charge is 0.156 e. The summed E-state index contributed by atoms with van der Waals surface area (Å²) in [5.74, 6) is 0.858. The van der Waals surface area contributed by atoms with Gasteiger partial charge in [-0.1, -0.05) is 44.2 Å². The Morgan fingerprint density at radius 3 is 2.83 bits per heavy atom. The molecular weight excluding hydrogens is 290 g/mol. The van der Waals surface area contributed by atoms with Gasteiger partial charge in [-0.3, -0.25) is 0 Å². The number of hydrogen-bond donors (Lipinski definition) is 3. The summed E-state index contributed by atoms with van der Waals surface area (Å²) in [6.45, 7) is 8.93. The lowest BCUT2D eigenvalue weighted by molar-refractivity contribution is 0.214. The van der Waals surface area contributed by atoms with Gasteiger partial charge in [0.25, 0.3) is 0 Å².